The van der Waals surface area contributed by atoms with Crippen LogP contribution in [0.2, 0.25) is 0 Å². The summed E-state index contributed by atoms with van der Waals surface area (Å²) in [6, 6.07) is 15.7. The van der Waals surface area contributed by atoms with Gasteiger partial charge < -0.3 is 5.32 Å². The Morgan fingerprint density at radius 2 is 1.93 bits per heavy atom. The summed E-state index contributed by atoms with van der Waals surface area (Å²) in [6.45, 7) is 2.67. The van der Waals surface area contributed by atoms with E-state index in [1.54, 1.807) is 54.9 Å². The average molecular weight is 407 g/mol. The van der Waals surface area contributed by atoms with E-state index in [9.17, 15) is 13.2 Å². The van der Waals surface area contributed by atoms with E-state index in [4.69, 9.17) is 0 Å². The number of pyridine rings is 1. The summed E-state index contributed by atoms with van der Waals surface area (Å²) in [7, 11) is -3.62. The number of sulfonamides is 1. The summed E-state index contributed by atoms with van der Waals surface area (Å²) >= 11 is 0. The zero-order chi connectivity index (χ0) is 20.4. The highest BCUT2D eigenvalue weighted by Gasteiger charge is 2.31. The van der Waals surface area contributed by atoms with Gasteiger partial charge in [0.2, 0.25) is 0 Å². The minimum absolute atomic E-state index is 0.198. The maximum absolute atomic E-state index is 13.0. The lowest BCUT2D eigenvalue weighted by Crippen LogP contribution is -2.29. The molecule has 0 aliphatic carbocycles. The van der Waals surface area contributed by atoms with E-state index in [2.05, 4.69) is 10.3 Å². The molecular weight excluding hydrogens is 386 g/mol. The zero-order valence-corrected chi connectivity index (χ0v) is 16.8. The van der Waals surface area contributed by atoms with Gasteiger partial charge in [-0.25, -0.2) is 8.42 Å². The Bertz CT molecular complexity index is 1140. The highest BCUT2D eigenvalue weighted by Crippen LogP contribution is 2.33. The van der Waals surface area contributed by atoms with Crippen molar-refractivity contribution in [2.24, 2.45) is 0 Å². The summed E-state index contributed by atoms with van der Waals surface area (Å²) < 4.78 is 27.5. The van der Waals surface area contributed by atoms with Crippen LogP contribution in [0.5, 0.6) is 0 Å². The minimum Gasteiger partial charge on any atom is -0.348 e. The van der Waals surface area contributed by atoms with Gasteiger partial charge in [0.1, 0.15) is 0 Å². The fraction of sp³-hybridized carbons (Fsp3) is 0.182. The third-order valence-electron chi connectivity index (χ3n) is 4.98. The number of hydrogen-bond acceptors (Lipinski definition) is 4. The molecule has 29 heavy (non-hydrogen) atoms. The van der Waals surface area contributed by atoms with Crippen molar-refractivity contribution in [3.63, 3.8) is 0 Å². The number of benzene rings is 2. The second kappa shape index (κ2) is 7.67. The number of amides is 1. The van der Waals surface area contributed by atoms with Gasteiger partial charge in [-0.05, 0) is 60.9 Å². The lowest BCUT2D eigenvalue weighted by Gasteiger charge is -2.20. The van der Waals surface area contributed by atoms with Gasteiger partial charge in [0, 0.05) is 31.0 Å². The van der Waals surface area contributed by atoms with Gasteiger partial charge in [0.25, 0.3) is 15.9 Å². The standard InChI is InChI=1S/C22H21N3O3S/c1-16-4-7-20(8-5-16)29(27,28)25-12-10-18-13-19(6-9-21(18)25)22(26)24-15-17-3-2-11-23-14-17/h2-9,11,13-14H,10,12,15H2,1H3,(H,24,26). The fourth-order valence-electron chi connectivity index (χ4n) is 3.39. The van der Waals surface area contributed by atoms with Crippen LogP contribution in [0.15, 0.2) is 71.9 Å². The first-order valence-corrected chi connectivity index (χ1v) is 10.8. The molecule has 1 aromatic heterocycles. The number of aromatic nitrogens is 1. The van der Waals surface area contributed by atoms with Crippen molar-refractivity contribution in [2.75, 3.05) is 10.8 Å². The molecule has 148 valence electrons. The molecule has 0 bridgehead atoms. The van der Waals surface area contributed by atoms with Gasteiger partial charge in [-0.2, -0.15) is 0 Å². The third kappa shape index (κ3) is 3.86. The maximum Gasteiger partial charge on any atom is 0.264 e. The summed E-state index contributed by atoms with van der Waals surface area (Å²) in [5.41, 5.74) is 3.93. The van der Waals surface area contributed by atoms with Crippen molar-refractivity contribution in [1.29, 1.82) is 0 Å². The molecule has 2 aromatic carbocycles. The van der Waals surface area contributed by atoms with Crippen molar-refractivity contribution in [1.82, 2.24) is 10.3 Å². The largest absolute Gasteiger partial charge is 0.348 e. The molecule has 7 heteroatoms. The van der Waals surface area contributed by atoms with Gasteiger partial charge in [-0.1, -0.05) is 23.8 Å². The fourth-order valence-corrected chi connectivity index (χ4v) is 4.89. The minimum atomic E-state index is -3.62. The monoisotopic (exact) mass is 407 g/mol. The molecule has 1 N–H and O–H groups in total. The van der Waals surface area contributed by atoms with Crippen molar-refractivity contribution < 1.29 is 13.2 Å². The predicted octanol–water partition coefficient (Wildman–Crippen LogP) is 3.07. The van der Waals surface area contributed by atoms with E-state index >= 15 is 0 Å². The topological polar surface area (TPSA) is 79.4 Å². The molecule has 0 spiro atoms. The van der Waals surface area contributed by atoms with Gasteiger partial charge >= 0.3 is 0 Å². The van der Waals surface area contributed by atoms with Gasteiger partial charge in [-0.3, -0.25) is 14.1 Å². The van der Waals surface area contributed by atoms with Crippen LogP contribution in [0.25, 0.3) is 0 Å². The van der Waals surface area contributed by atoms with E-state index < -0.39 is 10.0 Å². The van der Waals surface area contributed by atoms with Gasteiger partial charge in [-0.15, -0.1) is 0 Å². The van der Waals surface area contributed by atoms with Crippen LogP contribution in [0.1, 0.15) is 27.0 Å². The molecule has 0 fully saturated rings. The second-order valence-electron chi connectivity index (χ2n) is 7.03. The molecule has 0 saturated heterocycles. The molecule has 6 nitrogen and oxygen atoms in total. The van der Waals surface area contributed by atoms with E-state index in [-0.39, 0.29) is 10.8 Å². The Labute approximate surface area is 170 Å². The lowest BCUT2D eigenvalue weighted by molar-refractivity contribution is 0.0951. The van der Waals surface area contributed by atoms with E-state index in [1.807, 2.05) is 19.1 Å². The smallest absolute Gasteiger partial charge is 0.264 e. The maximum atomic E-state index is 13.0. The molecule has 0 saturated carbocycles. The van der Waals surface area contributed by atoms with E-state index in [0.717, 1.165) is 16.7 Å². The van der Waals surface area contributed by atoms with Crippen LogP contribution in [-0.2, 0) is 23.0 Å². The quantitative estimate of drug-likeness (QED) is 0.705. The van der Waals surface area contributed by atoms with Crippen LogP contribution in [0, 0.1) is 6.92 Å². The Kier molecular flexibility index (Phi) is 5.07. The molecule has 3 aromatic rings. The molecule has 1 aliphatic heterocycles. The molecule has 0 atom stereocenters. The first-order valence-electron chi connectivity index (χ1n) is 9.34. The molecular formula is C22H21N3O3S. The second-order valence-corrected chi connectivity index (χ2v) is 8.89. The summed E-state index contributed by atoms with van der Waals surface area (Å²) in [6.07, 6.45) is 3.96. The molecule has 0 radical (unpaired) electrons. The number of fused-ring (bicyclic) bond motifs is 1. The van der Waals surface area contributed by atoms with Gasteiger partial charge in [0.05, 0.1) is 10.6 Å². The number of carbonyl (C=O) groups is 1. The van der Waals surface area contributed by atoms with Crippen LogP contribution >= 0.6 is 0 Å². The Balaban J connectivity index is 1.53. The number of anilines is 1. The first kappa shape index (κ1) is 19.1. The number of rotatable bonds is 5. The number of hydrogen-bond donors (Lipinski definition) is 1. The van der Waals surface area contributed by atoms with Crippen LogP contribution in [0.3, 0.4) is 0 Å². The Morgan fingerprint density at radius 3 is 2.66 bits per heavy atom. The van der Waals surface area contributed by atoms with Crippen molar-refractivity contribution in [3.8, 4) is 0 Å². The number of nitrogens with zero attached hydrogens (tertiary/aromatic N) is 2. The van der Waals surface area contributed by atoms with Crippen molar-refractivity contribution in [3.05, 3.63) is 89.2 Å². The van der Waals surface area contributed by atoms with E-state index in [1.165, 1.54) is 4.31 Å². The van der Waals surface area contributed by atoms with Crippen molar-refractivity contribution >= 4 is 21.6 Å². The normalized spacial score (nSPS) is 13.2. The number of aryl methyl sites for hydroxylation is 1. The Hall–Kier alpha value is -3.19. The highest BCUT2D eigenvalue weighted by atomic mass is 32.2. The summed E-state index contributed by atoms with van der Waals surface area (Å²) in [4.78, 5) is 16.8. The molecule has 2 heterocycles. The molecule has 0 unspecified atom stereocenters. The lowest BCUT2D eigenvalue weighted by atomic mass is 10.1. The van der Waals surface area contributed by atoms with E-state index in [0.29, 0.717) is 30.8 Å². The predicted molar refractivity (Wildman–Crippen MR) is 111 cm³/mol. The SMILES string of the molecule is Cc1ccc(S(=O)(=O)N2CCc3cc(C(=O)NCc4cccnc4)ccc32)cc1. The molecule has 4 rings (SSSR count). The average Bonchev–Trinajstić information content (AvgIpc) is 3.17. The Morgan fingerprint density at radius 1 is 1.14 bits per heavy atom. The zero-order valence-electron chi connectivity index (χ0n) is 16.0. The summed E-state index contributed by atoms with van der Waals surface area (Å²) in [5.74, 6) is -0.198. The van der Waals surface area contributed by atoms with Crippen LogP contribution in [-0.4, -0.2) is 25.9 Å². The van der Waals surface area contributed by atoms with Crippen molar-refractivity contribution in [2.45, 2.75) is 24.8 Å². The first-order chi connectivity index (χ1) is 13.9. The molecule has 1 amide bonds. The number of nitrogens with one attached hydrogen (secondary N) is 1. The van der Waals surface area contributed by atoms with Gasteiger partial charge in [0.15, 0.2) is 0 Å². The third-order valence-corrected chi connectivity index (χ3v) is 6.81. The highest BCUT2D eigenvalue weighted by molar-refractivity contribution is 7.92. The number of carbonyl (C=O) groups excluding carboxylic acids is 1. The van der Waals surface area contributed by atoms with Crippen LogP contribution < -0.4 is 9.62 Å². The summed E-state index contributed by atoms with van der Waals surface area (Å²) in [5, 5.41) is 2.87. The van der Waals surface area contributed by atoms with Crippen LogP contribution in [0.4, 0.5) is 5.69 Å². The molecule has 1 aliphatic rings.